The third-order valence-corrected chi connectivity index (χ3v) is 2.92. The first kappa shape index (κ1) is 8.66. The van der Waals surface area contributed by atoms with Crippen molar-refractivity contribution < 1.29 is 0 Å². The van der Waals surface area contributed by atoms with E-state index in [4.69, 9.17) is 5.73 Å². The van der Waals surface area contributed by atoms with Crippen molar-refractivity contribution in [2.75, 3.05) is 24.8 Å². The average Bonchev–Trinajstić information content (AvgIpc) is 1.83. The molecule has 0 spiro atoms. The van der Waals surface area contributed by atoms with Crippen LogP contribution in [0.1, 0.15) is 0 Å². The minimum Gasteiger partial charge on any atom is -0.329 e. The van der Waals surface area contributed by atoms with Gasteiger partial charge in [-0.1, -0.05) is 0 Å². The lowest BCUT2D eigenvalue weighted by Crippen LogP contribution is -2.18. The molecule has 0 aromatic rings. The fourth-order valence-electron chi connectivity index (χ4n) is 0.418. The van der Waals surface area contributed by atoms with Crippen LogP contribution in [0.15, 0.2) is 0 Å². The van der Waals surface area contributed by atoms with Gasteiger partial charge in [0.1, 0.15) is 0 Å². The van der Waals surface area contributed by atoms with Crippen LogP contribution in [0.3, 0.4) is 0 Å². The van der Waals surface area contributed by atoms with E-state index in [1.54, 1.807) is 0 Å². The first-order chi connectivity index (χ1) is 3.85. The summed E-state index contributed by atoms with van der Waals surface area (Å²) in [7, 11) is 0. The van der Waals surface area contributed by atoms with E-state index in [9.17, 15) is 0 Å². The van der Waals surface area contributed by atoms with Gasteiger partial charge in [0.25, 0.3) is 0 Å². The maximum absolute atomic E-state index is 5.44. The molecule has 0 aliphatic heterocycles. The van der Waals surface area contributed by atoms with Crippen LogP contribution < -0.4 is 5.73 Å². The number of hydrogen-bond acceptors (Lipinski definition) is 3. The lowest BCUT2D eigenvalue weighted by molar-refractivity contribution is 0.966. The third-order valence-electron chi connectivity index (χ3n) is 0.949. The number of thioether (sulfide) groups is 2. The molecule has 0 aromatic carbocycles. The van der Waals surface area contributed by atoms with E-state index in [2.05, 4.69) is 12.5 Å². The molecular weight excluding hydrogens is 138 g/mol. The standard InChI is InChI=1S/C5H13NS2/c1-7-4-5(3-6)8-2/h5H,3-4,6H2,1-2H3. The SMILES string of the molecule is CSCC(CN)SC. The van der Waals surface area contributed by atoms with E-state index in [0.29, 0.717) is 5.25 Å². The Labute approximate surface area is 59.8 Å². The Morgan fingerprint density at radius 3 is 2.25 bits per heavy atom. The fourth-order valence-corrected chi connectivity index (χ4v) is 2.07. The van der Waals surface area contributed by atoms with Gasteiger partial charge in [0.15, 0.2) is 0 Å². The van der Waals surface area contributed by atoms with Crippen LogP contribution in [0, 0.1) is 0 Å². The minimum absolute atomic E-state index is 0.657. The summed E-state index contributed by atoms with van der Waals surface area (Å²) in [4.78, 5) is 0. The van der Waals surface area contributed by atoms with Crippen molar-refractivity contribution in [3.8, 4) is 0 Å². The largest absolute Gasteiger partial charge is 0.329 e. The van der Waals surface area contributed by atoms with E-state index in [1.807, 2.05) is 23.5 Å². The van der Waals surface area contributed by atoms with E-state index >= 15 is 0 Å². The van der Waals surface area contributed by atoms with Crippen LogP contribution in [-0.2, 0) is 0 Å². The zero-order chi connectivity index (χ0) is 6.41. The Balaban J connectivity index is 3.07. The molecule has 0 fully saturated rings. The van der Waals surface area contributed by atoms with Crippen LogP contribution in [0.5, 0.6) is 0 Å². The molecule has 0 heterocycles. The Morgan fingerprint density at radius 2 is 2.12 bits per heavy atom. The van der Waals surface area contributed by atoms with E-state index < -0.39 is 0 Å². The van der Waals surface area contributed by atoms with Gasteiger partial charge >= 0.3 is 0 Å². The molecule has 0 rings (SSSR count). The number of rotatable bonds is 4. The van der Waals surface area contributed by atoms with Crippen LogP contribution in [0.2, 0.25) is 0 Å². The molecule has 50 valence electrons. The summed E-state index contributed by atoms with van der Waals surface area (Å²) < 4.78 is 0. The zero-order valence-corrected chi connectivity index (χ0v) is 7.02. The second kappa shape index (κ2) is 5.79. The van der Waals surface area contributed by atoms with Gasteiger partial charge < -0.3 is 5.73 Å². The van der Waals surface area contributed by atoms with Gasteiger partial charge in [-0.2, -0.15) is 23.5 Å². The summed E-state index contributed by atoms with van der Waals surface area (Å²) in [6.45, 7) is 0.808. The molecular formula is C5H13NS2. The Hall–Kier alpha value is 0.660. The summed E-state index contributed by atoms with van der Waals surface area (Å²) in [5.41, 5.74) is 5.44. The summed E-state index contributed by atoms with van der Waals surface area (Å²) in [6, 6.07) is 0. The van der Waals surface area contributed by atoms with Gasteiger partial charge in [-0.15, -0.1) is 0 Å². The second-order valence-electron chi connectivity index (χ2n) is 1.55. The first-order valence-corrected chi connectivity index (χ1v) is 5.25. The molecule has 8 heavy (non-hydrogen) atoms. The van der Waals surface area contributed by atoms with Gasteiger partial charge in [0.05, 0.1) is 0 Å². The first-order valence-electron chi connectivity index (χ1n) is 2.57. The predicted octanol–water partition coefficient (Wildman–Crippen LogP) is 1.04. The maximum Gasteiger partial charge on any atom is 0.0257 e. The van der Waals surface area contributed by atoms with Crippen molar-refractivity contribution >= 4 is 23.5 Å². The van der Waals surface area contributed by atoms with Crippen molar-refractivity contribution in [3.63, 3.8) is 0 Å². The third kappa shape index (κ3) is 3.64. The highest BCUT2D eigenvalue weighted by atomic mass is 32.2. The van der Waals surface area contributed by atoms with Gasteiger partial charge in [-0.3, -0.25) is 0 Å². The molecule has 0 radical (unpaired) electrons. The molecule has 0 bridgehead atoms. The van der Waals surface area contributed by atoms with Gasteiger partial charge in [-0.25, -0.2) is 0 Å². The smallest absolute Gasteiger partial charge is 0.0257 e. The molecule has 0 saturated heterocycles. The van der Waals surface area contributed by atoms with Gasteiger partial charge in [0.2, 0.25) is 0 Å². The Bertz CT molecular complexity index is 45.7. The summed E-state index contributed by atoms with van der Waals surface area (Å²) in [5.74, 6) is 1.18. The minimum atomic E-state index is 0.657. The molecule has 1 unspecified atom stereocenters. The summed E-state index contributed by atoms with van der Waals surface area (Å²) >= 11 is 3.71. The molecule has 0 aromatic heterocycles. The highest BCUT2D eigenvalue weighted by molar-refractivity contribution is 8.02. The van der Waals surface area contributed by atoms with Crippen molar-refractivity contribution in [1.29, 1.82) is 0 Å². The Morgan fingerprint density at radius 1 is 1.50 bits per heavy atom. The van der Waals surface area contributed by atoms with E-state index in [1.165, 1.54) is 5.75 Å². The van der Waals surface area contributed by atoms with Gasteiger partial charge in [0, 0.05) is 17.5 Å². The van der Waals surface area contributed by atoms with Gasteiger partial charge in [-0.05, 0) is 12.5 Å². The lowest BCUT2D eigenvalue weighted by atomic mass is 10.5. The Kier molecular flexibility index (Phi) is 6.27. The number of nitrogens with two attached hydrogens (primary N) is 1. The van der Waals surface area contributed by atoms with Crippen molar-refractivity contribution in [1.82, 2.24) is 0 Å². The quantitative estimate of drug-likeness (QED) is 0.650. The summed E-state index contributed by atoms with van der Waals surface area (Å²) in [5, 5.41) is 0.657. The van der Waals surface area contributed by atoms with Crippen molar-refractivity contribution in [2.24, 2.45) is 5.73 Å². The van der Waals surface area contributed by atoms with E-state index in [-0.39, 0.29) is 0 Å². The van der Waals surface area contributed by atoms with Crippen molar-refractivity contribution in [3.05, 3.63) is 0 Å². The zero-order valence-electron chi connectivity index (χ0n) is 5.39. The maximum atomic E-state index is 5.44. The van der Waals surface area contributed by atoms with Crippen molar-refractivity contribution in [2.45, 2.75) is 5.25 Å². The average molecular weight is 151 g/mol. The van der Waals surface area contributed by atoms with Crippen LogP contribution in [-0.4, -0.2) is 30.1 Å². The predicted molar refractivity (Wildman–Crippen MR) is 44.7 cm³/mol. The lowest BCUT2D eigenvalue weighted by Gasteiger charge is -2.07. The van der Waals surface area contributed by atoms with Crippen LogP contribution in [0.4, 0.5) is 0 Å². The molecule has 0 amide bonds. The van der Waals surface area contributed by atoms with Crippen LogP contribution in [0.25, 0.3) is 0 Å². The topological polar surface area (TPSA) is 26.0 Å². The molecule has 3 heteroatoms. The molecule has 1 atom stereocenters. The normalized spacial score (nSPS) is 13.9. The monoisotopic (exact) mass is 151 g/mol. The van der Waals surface area contributed by atoms with Crippen LogP contribution >= 0.6 is 23.5 Å². The second-order valence-corrected chi connectivity index (χ2v) is 3.60. The van der Waals surface area contributed by atoms with E-state index in [0.717, 1.165) is 6.54 Å². The number of hydrogen-bond donors (Lipinski definition) is 1. The molecule has 0 aliphatic rings. The molecule has 0 aliphatic carbocycles. The summed E-state index contributed by atoms with van der Waals surface area (Å²) in [6.07, 6.45) is 4.21. The molecule has 0 saturated carbocycles. The molecule has 2 N–H and O–H groups in total. The fraction of sp³-hybridized carbons (Fsp3) is 1.00. The highest BCUT2D eigenvalue weighted by Gasteiger charge is 2.00. The molecule has 1 nitrogen and oxygen atoms in total. The highest BCUT2D eigenvalue weighted by Crippen LogP contribution is 2.09.